The minimum atomic E-state index is -0.529. The van der Waals surface area contributed by atoms with Gasteiger partial charge in [0, 0.05) is 16.9 Å². The zero-order valence-electron chi connectivity index (χ0n) is 17.0. The molecule has 0 spiro atoms. The van der Waals surface area contributed by atoms with Gasteiger partial charge in [0.1, 0.15) is 17.5 Å². The van der Waals surface area contributed by atoms with Crippen molar-refractivity contribution in [1.82, 2.24) is 0 Å². The van der Waals surface area contributed by atoms with Crippen LogP contribution in [-0.2, 0) is 9.53 Å². The van der Waals surface area contributed by atoms with Crippen molar-refractivity contribution in [3.8, 4) is 5.75 Å². The largest absolute Gasteiger partial charge is 0.486 e. The number of thioether (sulfide) groups is 1. The maximum Gasteiger partial charge on any atom is 0.310 e. The highest BCUT2D eigenvalue weighted by molar-refractivity contribution is 9.09. The Morgan fingerprint density at radius 1 is 1.17 bits per heavy atom. The Morgan fingerprint density at radius 2 is 1.83 bits per heavy atom. The van der Waals surface area contributed by atoms with Crippen molar-refractivity contribution in [1.29, 1.82) is 0 Å². The number of para-hydroxylation sites is 1. The SMILES string of the molecule is Cc1ccc(C(=O)SC[C@@H](C)C(=O)O[C@@H]2c3ccccc3OC(C)(C)[C@H]2Br)cc1. The van der Waals surface area contributed by atoms with Gasteiger partial charge < -0.3 is 9.47 Å². The number of halogens is 1. The smallest absolute Gasteiger partial charge is 0.310 e. The molecule has 0 unspecified atom stereocenters. The molecule has 3 atom stereocenters. The Labute approximate surface area is 184 Å². The first-order valence-electron chi connectivity index (χ1n) is 9.55. The van der Waals surface area contributed by atoms with E-state index in [0.717, 1.165) is 28.6 Å². The van der Waals surface area contributed by atoms with Gasteiger partial charge in [-0.15, -0.1) is 0 Å². The minimum absolute atomic E-state index is 0.0411. The first kappa shape index (κ1) is 21.9. The summed E-state index contributed by atoms with van der Waals surface area (Å²) in [6.45, 7) is 7.69. The van der Waals surface area contributed by atoms with E-state index in [4.69, 9.17) is 9.47 Å². The number of ether oxygens (including phenoxy) is 2. The van der Waals surface area contributed by atoms with Crippen molar-refractivity contribution in [3.63, 3.8) is 0 Å². The van der Waals surface area contributed by atoms with Gasteiger partial charge in [-0.2, -0.15) is 0 Å². The molecule has 2 aromatic carbocycles. The number of hydrogen-bond acceptors (Lipinski definition) is 5. The molecule has 0 N–H and O–H groups in total. The van der Waals surface area contributed by atoms with E-state index in [2.05, 4.69) is 15.9 Å². The van der Waals surface area contributed by atoms with Gasteiger partial charge in [0.15, 0.2) is 0 Å². The van der Waals surface area contributed by atoms with Gasteiger partial charge >= 0.3 is 5.97 Å². The maximum absolute atomic E-state index is 12.8. The zero-order valence-corrected chi connectivity index (χ0v) is 19.4. The molecule has 1 aliphatic heterocycles. The van der Waals surface area contributed by atoms with E-state index in [1.807, 2.05) is 69.3 Å². The predicted molar refractivity (Wildman–Crippen MR) is 120 cm³/mol. The molecule has 2 aromatic rings. The third kappa shape index (κ3) is 5.04. The second kappa shape index (κ2) is 8.92. The lowest BCUT2D eigenvalue weighted by atomic mass is 9.91. The summed E-state index contributed by atoms with van der Waals surface area (Å²) in [5.41, 5.74) is 2.06. The van der Waals surface area contributed by atoms with Crippen LogP contribution in [0.15, 0.2) is 48.5 Å². The Hall–Kier alpha value is -1.79. The molecule has 6 heteroatoms. The van der Waals surface area contributed by atoms with Crippen molar-refractivity contribution >= 4 is 38.8 Å². The van der Waals surface area contributed by atoms with E-state index < -0.39 is 17.6 Å². The third-order valence-electron chi connectivity index (χ3n) is 4.93. The molecule has 0 fully saturated rings. The van der Waals surface area contributed by atoms with Crippen molar-refractivity contribution in [2.75, 3.05) is 5.75 Å². The molecule has 1 heterocycles. The Kier molecular flexibility index (Phi) is 6.74. The molecular formula is C23H25BrO4S. The summed E-state index contributed by atoms with van der Waals surface area (Å²) in [7, 11) is 0. The van der Waals surface area contributed by atoms with Crippen LogP contribution < -0.4 is 4.74 Å². The molecule has 1 aliphatic rings. The lowest BCUT2D eigenvalue weighted by Gasteiger charge is -2.41. The average Bonchev–Trinajstić information content (AvgIpc) is 2.69. The van der Waals surface area contributed by atoms with Crippen LogP contribution in [0.5, 0.6) is 5.75 Å². The highest BCUT2D eigenvalue weighted by Gasteiger charge is 2.44. The van der Waals surface area contributed by atoms with Crippen molar-refractivity contribution in [3.05, 3.63) is 65.2 Å². The van der Waals surface area contributed by atoms with E-state index in [9.17, 15) is 9.59 Å². The van der Waals surface area contributed by atoms with Gasteiger partial charge in [0.05, 0.1) is 10.7 Å². The summed E-state index contributed by atoms with van der Waals surface area (Å²) < 4.78 is 11.9. The van der Waals surface area contributed by atoms with Crippen LogP contribution in [0.25, 0.3) is 0 Å². The van der Waals surface area contributed by atoms with E-state index in [1.54, 1.807) is 6.92 Å². The van der Waals surface area contributed by atoms with E-state index in [0.29, 0.717) is 11.3 Å². The molecule has 0 bridgehead atoms. The Morgan fingerprint density at radius 3 is 2.52 bits per heavy atom. The first-order chi connectivity index (χ1) is 13.7. The summed E-state index contributed by atoms with van der Waals surface area (Å²) in [4.78, 5) is 24.9. The standard InChI is InChI=1S/C23H25BrO4S/c1-14-9-11-16(12-10-14)22(26)29-13-15(2)21(25)27-19-17-7-5-6-8-18(17)28-23(3,4)20(19)24/h5-12,15,19-20H,13H2,1-4H3/t15-,19-,20+/m1/s1. The Bertz CT molecular complexity index is 894. The molecule has 0 radical (unpaired) electrons. The van der Waals surface area contributed by atoms with Gasteiger partial charge in [-0.3, -0.25) is 9.59 Å². The number of benzene rings is 2. The second-order valence-corrected chi connectivity index (χ2v) is 9.85. The molecule has 154 valence electrons. The fourth-order valence-electron chi connectivity index (χ4n) is 3.08. The predicted octanol–water partition coefficient (Wildman–Crippen LogP) is 5.72. The quantitative estimate of drug-likeness (QED) is 0.407. The topological polar surface area (TPSA) is 52.6 Å². The molecule has 3 rings (SSSR count). The molecule has 0 aliphatic carbocycles. The fraction of sp³-hybridized carbons (Fsp3) is 0.391. The second-order valence-electron chi connectivity index (χ2n) is 7.87. The maximum atomic E-state index is 12.8. The number of fused-ring (bicyclic) bond motifs is 1. The lowest BCUT2D eigenvalue weighted by Crippen LogP contribution is -2.46. The van der Waals surface area contributed by atoms with Crippen LogP contribution in [0, 0.1) is 12.8 Å². The molecular weight excluding hydrogens is 452 g/mol. The van der Waals surface area contributed by atoms with Gasteiger partial charge in [-0.05, 0) is 26.8 Å². The summed E-state index contributed by atoms with van der Waals surface area (Å²) in [5.74, 6) is 0.359. The van der Waals surface area contributed by atoms with Crippen LogP contribution in [0.4, 0.5) is 0 Å². The average molecular weight is 477 g/mol. The Balaban J connectivity index is 1.64. The third-order valence-corrected chi connectivity index (χ3v) is 7.67. The normalized spacial score (nSPS) is 20.9. The zero-order chi connectivity index (χ0) is 21.2. The molecule has 0 saturated heterocycles. The van der Waals surface area contributed by atoms with Crippen LogP contribution in [0.1, 0.15) is 48.4 Å². The number of hydrogen-bond donors (Lipinski definition) is 0. The van der Waals surface area contributed by atoms with E-state index in [1.165, 1.54) is 0 Å². The molecule has 29 heavy (non-hydrogen) atoms. The molecule has 0 saturated carbocycles. The van der Waals surface area contributed by atoms with Crippen LogP contribution in [-0.4, -0.2) is 27.3 Å². The van der Waals surface area contributed by atoms with E-state index >= 15 is 0 Å². The van der Waals surface area contributed by atoms with Crippen molar-refractivity contribution < 1.29 is 19.1 Å². The molecule has 0 amide bonds. The lowest BCUT2D eigenvalue weighted by molar-refractivity contribution is -0.155. The molecule has 4 nitrogen and oxygen atoms in total. The molecule has 0 aromatic heterocycles. The number of aryl methyl sites for hydroxylation is 1. The van der Waals surface area contributed by atoms with Crippen LogP contribution in [0.2, 0.25) is 0 Å². The number of carbonyl (C=O) groups excluding carboxylic acids is 2. The number of alkyl halides is 1. The number of esters is 1. The van der Waals surface area contributed by atoms with Crippen LogP contribution in [0.3, 0.4) is 0 Å². The van der Waals surface area contributed by atoms with Gasteiger partial charge in [-0.25, -0.2) is 0 Å². The summed E-state index contributed by atoms with van der Waals surface area (Å²) in [6, 6.07) is 15.0. The van der Waals surface area contributed by atoms with Gasteiger partial charge in [-0.1, -0.05) is 82.6 Å². The number of carbonyl (C=O) groups is 2. The minimum Gasteiger partial charge on any atom is -0.486 e. The van der Waals surface area contributed by atoms with Gasteiger partial charge in [0.2, 0.25) is 5.12 Å². The van der Waals surface area contributed by atoms with Crippen molar-refractivity contribution in [2.45, 2.75) is 44.2 Å². The van der Waals surface area contributed by atoms with Crippen molar-refractivity contribution in [2.24, 2.45) is 5.92 Å². The van der Waals surface area contributed by atoms with Crippen LogP contribution >= 0.6 is 27.7 Å². The summed E-state index contributed by atoms with van der Waals surface area (Å²) >= 11 is 4.80. The highest BCUT2D eigenvalue weighted by Crippen LogP contribution is 2.45. The monoisotopic (exact) mass is 476 g/mol. The fourth-order valence-corrected chi connectivity index (χ4v) is 4.40. The summed E-state index contributed by atoms with van der Waals surface area (Å²) in [6.07, 6.45) is -0.456. The summed E-state index contributed by atoms with van der Waals surface area (Å²) in [5, 5.41) is -0.0411. The highest BCUT2D eigenvalue weighted by atomic mass is 79.9. The van der Waals surface area contributed by atoms with E-state index in [-0.39, 0.29) is 15.9 Å². The number of rotatable bonds is 5. The first-order valence-corrected chi connectivity index (χ1v) is 11.5. The van der Waals surface area contributed by atoms with Gasteiger partial charge in [0.25, 0.3) is 0 Å².